The van der Waals surface area contributed by atoms with Crippen LogP contribution in [0.3, 0.4) is 0 Å². The highest BCUT2D eigenvalue weighted by atomic mass is 35.5. The minimum Gasteiger partial charge on any atom is -0.304 e. The molecule has 0 aliphatic rings. The summed E-state index contributed by atoms with van der Waals surface area (Å²) in [5.74, 6) is -0.575. The number of nitrogens with zero attached hydrogens (tertiary/aromatic N) is 5. The van der Waals surface area contributed by atoms with Gasteiger partial charge in [-0.15, -0.1) is 0 Å². The Kier molecular flexibility index (Phi) is 5.18. The summed E-state index contributed by atoms with van der Waals surface area (Å²) < 4.78 is 42.2. The van der Waals surface area contributed by atoms with Gasteiger partial charge < -0.3 is 5.32 Å². The van der Waals surface area contributed by atoms with Crippen LogP contribution in [0, 0.1) is 13.8 Å². The third kappa shape index (κ3) is 4.11. The number of fused-ring (bicyclic) bond motifs is 1. The molecule has 0 aliphatic heterocycles. The summed E-state index contributed by atoms with van der Waals surface area (Å²) in [6, 6.07) is 10.2. The molecule has 0 aliphatic carbocycles. The molecule has 4 rings (SSSR count). The maximum Gasteiger partial charge on any atom is 0.433 e. The number of nitrogens with one attached hydrogen (secondary N) is 1. The van der Waals surface area contributed by atoms with Gasteiger partial charge in [-0.05, 0) is 31.0 Å². The highest BCUT2D eigenvalue weighted by molar-refractivity contribution is 6.37. The second-order valence-corrected chi connectivity index (χ2v) is 7.34. The predicted molar refractivity (Wildman–Crippen MR) is 108 cm³/mol. The van der Waals surface area contributed by atoms with Crippen LogP contribution >= 0.6 is 11.6 Å². The minimum atomic E-state index is -4.69. The number of hydrogen-bond donors (Lipinski definition) is 1. The van der Waals surface area contributed by atoms with Gasteiger partial charge in [0.2, 0.25) is 0 Å². The minimum absolute atomic E-state index is 0.100. The number of anilines is 1. The van der Waals surface area contributed by atoms with E-state index in [9.17, 15) is 18.0 Å². The van der Waals surface area contributed by atoms with Gasteiger partial charge in [0.25, 0.3) is 5.91 Å². The molecular weight excluding hydrogens is 433 g/mol. The molecule has 7 nitrogen and oxygen atoms in total. The molecule has 1 aromatic carbocycles. The number of halogens is 4. The molecular formula is C20H16ClF3N6O. The number of hydrogen-bond acceptors (Lipinski definition) is 4. The molecule has 0 atom stereocenters. The predicted octanol–water partition coefficient (Wildman–Crippen LogP) is 4.52. The molecule has 31 heavy (non-hydrogen) atoms. The molecule has 3 aromatic heterocycles. The van der Waals surface area contributed by atoms with Gasteiger partial charge >= 0.3 is 6.18 Å². The Bertz CT molecular complexity index is 1290. The number of rotatable bonds is 4. The standard InChI is InChI=1S/C20H16ClF3N6O/c1-11-5-3-4-6-13(11)10-29-8-7-15(27-29)26-19(31)17-16(21)18-25-12(2)9-14(20(22,23)24)30(18)28-17/h3-9H,10H2,1-2H3,(H,26,27,31). The van der Waals surface area contributed by atoms with Crippen molar-refractivity contribution in [2.45, 2.75) is 26.6 Å². The highest BCUT2D eigenvalue weighted by Crippen LogP contribution is 2.32. The lowest BCUT2D eigenvalue weighted by molar-refractivity contribution is -0.142. The number of amides is 1. The van der Waals surface area contributed by atoms with Crippen molar-refractivity contribution in [1.29, 1.82) is 0 Å². The van der Waals surface area contributed by atoms with Gasteiger partial charge in [-0.1, -0.05) is 35.9 Å². The third-order valence-corrected chi connectivity index (χ3v) is 4.99. The van der Waals surface area contributed by atoms with Crippen LogP contribution < -0.4 is 5.32 Å². The molecule has 0 radical (unpaired) electrons. The lowest BCUT2D eigenvalue weighted by atomic mass is 10.1. The Morgan fingerprint density at radius 2 is 1.90 bits per heavy atom. The fourth-order valence-corrected chi connectivity index (χ4v) is 3.36. The van der Waals surface area contributed by atoms with Gasteiger partial charge in [-0.3, -0.25) is 9.48 Å². The lowest BCUT2D eigenvalue weighted by Gasteiger charge is -2.09. The van der Waals surface area contributed by atoms with Crippen molar-refractivity contribution in [2.75, 3.05) is 5.32 Å². The van der Waals surface area contributed by atoms with Gasteiger partial charge in [-0.2, -0.15) is 23.4 Å². The fourth-order valence-electron chi connectivity index (χ4n) is 3.11. The summed E-state index contributed by atoms with van der Waals surface area (Å²) in [7, 11) is 0. The first-order chi connectivity index (χ1) is 14.6. The van der Waals surface area contributed by atoms with Gasteiger partial charge in [0.1, 0.15) is 10.7 Å². The van der Waals surface area contributed by atoms with Crippen molar-refractivity contribution < 1.29 is 18.0 Å². The van der Waals surface area contributed by atoms with Gasteiger partial charge in [0.05, 0.1) is 6.54 Å². The number of carbonyl (C=O) groups is 1. The van der Waals surface area contributed by atoms with Crippen molar-refractivity contribution in [2.24, 2.45) is 0 Å². The normalized spacial score (nSPS) is 11.8. The molecule has 11 heteroatoms. The fraction of sp³-hybridized carbons (Fsp3) is 0.200. The Morgan fingerprint density at radius 3 is 2.61 bits per heavy atom. The second-order valence-electron chi connectivity index (χ2n) is 6.96. The van der Waals surface area contributed by atoms with Gasteiger partial charge in [-0.25, -0.2) is 9.50 Å². The zero-order chi connectivity index (χ0) is 22.3. The molecule has 0 saturated carbocycles. The van der Waals surface area contributed by atoms with E-state index in [1.54, 1.807) is 16.9 Å². The smallest absolute Gasteiger partial charge is 0.304 e. The average molecular weight is 449 g/mol. The zero-order valence-electron chi connectivity index (χ0n) is 16.4. The summed E-state index contributed by atoms with van der Waals surface area (Å²) in [5, 5.41) is 10.3. The van der Waals surface area contributed by atoms with E-state index in [1.165, 1.54) is 6.92 Å². The Hall–Kier alpha value is -3.40. The average Bonchev–Trinajstić information content (AvgIpc) is 3.27. The molecule has 4 aromatic rings. The maximum absolute atomic E-state index is 13.4. The van der Waals surface area contributed by atoms with Crippen molar-refractivity contribution >= 4 is 29.0 Å². The van der Waals surface area contributed by atoms with E-state index < -0.39 is 17.8 Å². The van der Waals surface area contributed by atoms with Crippen LogP contribution in [0.25, 0.3) is 5.65 Å². The van der Waals surface area contributed by atoms with E-state index in [0.29, 0.717) is 11.1 Å². The Labute approximate surface area is 179 Å². The maximum atomic E-state index is 13.4. The van der Waals surface area contributed by atoms with E-state index in [2.05, 4.69) is 20.5 Å². The van der Waals surface area contributed by atoms with Crippen LogP contribution in [0.4, 0.5) is 19.0 Å². The number of benzene rings is 1. The van der Waals surface area contributed by atoms with Crippen molar-refractivity contribution in [3.05, 3.63) is 75.8 Å². The topological polar surface area (TPSA) is 77.1 Å². The first-order valence-corrected chi connectivity index (χ1v) is 9.53. The zero-order valence-corrected chi connectivity index (χ0v) is 17.2. The quantitative estimate of drug-likeness (QED) is 0.498. The first-order valence-electron chi connectivity index (χ1n) is 9.16. The second kappa shape index (κ2) is 7.69. The Balaban J connectivity index is 1.60. The van der Waals surface area contributed by atoms with Gasteiger partial charge in [0, 0.05) is 18.0 Å². The molecule has 0 unspecified atom stereocenters. The largest absolute Gasteiger partial charge is 0.433 e. The first kappa shape index (κ1) is 20.9. The number of carbonyl (C=O) groups excluding carboxylic acids is 1. The number of aryl methyl sites for hydroxylation is 2. The third-order valence-electron chi connectivity index (χ3n) is 4.64. The number of aromatic nitrogens is 5. The summed E-state index contributed by atoms with van der Waals surface area (Å²) in [6.07, 6.45) is -3.01. The van der Waals surface area contributed by atoms with Crippen LogP contribution in [0.1, 0.15) is 33.0 Å². The molecule has 0 fully saturated rings. The van der Waals surface area contributed by atoms with Crippen molar-refractivity contribution in [1.82, 2.24) is 24.4 Å². The number of alkyl halides is 3. The van der Waals surface area contributed by atoms with E-state index in [1.807, 2.05) is 31.2 Å². The lowest BCUT2D eigenvalue weighted by Crippen LogP contribution is -2.16. The summed E-state index contributed by atoms with van der Waals surface area (Å²) in [5.41, 5.74) is 0.571. The van der Waals surface area contributed by atoms with E-state index in [-0.39, 0.29) is 27.9 Å². The van der Waals surface area contributed by atoms with Crippen LogP contribution in [-0.4, -0.2) is 30.3 Å². The van der Waals surface area contributed by atoms with E-state index >= 15 is 0 Å². The molecule has 0 saturated heterocycles. The molecule has 1 N–H and O–H groups in total. The van der Waals surface area contributed by atoms with Crippen molar-refractivity contribution in [3.63, 3.8) is 0 Å². The van der Waals surface area contributed by atoms with E-state index in [0.717, 1.165) is 17.2 Å². The van der Waals surface area contributed by atoms with Crippen LogP contribution in [0.2, 0.25) is 5.02 Å². The Morgan fingerprint density at radius 1 is 1.16 bits per heavy atom. The monoisotopic (exact) mass is 448 g/mol. The molecule has 0 bridgehead atoms. The van der Waals surface area contributed by atoms with Crippen LogP contribution in [0.15, 0.2) is 42.6 Å². The molecule has 3 heterocycles. The molecule has 1 amide bonds. The van der Waals surface area contributed by atoms with Gasteiger partial charge in [0.15, 0.2) is 17.2 Å². The van der Waals surface area contributed by atoms with E-state index in [4.69, 9.17) is 11.6 Å². The van der Waals surface area contributed by atoms with Crippen LogP contribution in [0.5, 0.6) is 0 Å². The highest BCUT2D eigenvalue weighted by Gasteiger charge is 2.36. The molecule has 0 spiro atoms. The van der Waals surface area contributed by atoms with Crippen LogP contribution in [-0.2, 0) is 12.7 Å². The summed E-state index contributed by atoms with van der Waals surface area (Å²) >= 11 is 6.14. The van der Waals surface area contributed by atoms with Crippen molar-refractivity contribution in [3.8, 4) is 0 Å². The summed E-state index contributed by atoms with van der Waals surface area (Å²) in [4.78, 5) is 16.6. The molecule has 160 valence electrons. The SMILES string of the molecule is Cc1cc(C(F)(F)F)n2nc(C(=O)Nc3ccn(Cc4ccccc4C)n3)c(Cl)c2n1. The summed E-state index contributed by atoms with van der Waals surface area (Å²) in [6.45, 7) is 3.88.